The first-order valence-electron chi connectivity index (χ1n) is 7.68. The van der Waals surface area contributed by atoms with Crippen LogP contribution in [-0.2, 0) is 5.60 Å². The highest BCUT2D eigenvalue weighted by Gasteiger charge is 2.49. The van der Waals surface area contributed by atoms with E-state index in [1.807, 2.05) is 36.5 Å². The second kappa shape index (κ2) is 4.85. The molecule has 1 aromatic heterocycles. The molecule has 1 saturated carbocycles. The maximum atomic E-state index is 11.0. The molecular weight excluding hydrogens is 260 g/mol. The Kier molecular flexibility index (Phi) is 2.96. The molecule has 0 spiro atoms. The van der Waals surface area contributed by atoms with Gasteiger partial charge in [-0.05, 0) is 42.4 Å². The standard InChI is InChI=1S/C18H20N2O/c21-18(16-6-2-1-3-7-16)10-14-12-20(13-15(14)11-18)17-8-4-5-9-19-17/h1-9,14-15,21H,10-13H2. The Balaban J connectivity index is 1.51. The zero-order chi connectivity index (χ0) is 14.3. The van der Waals surface area contributed by atoms with Crippen molar-refractivity contribution in [2.75, 3.05) is 18.0 Å². The summed E-state index contributed by atoms with van der Waals surface area (Å²) in [6.07, 6.45) is 3.58. The van der Waals surface area contributed by atoms with Crippen molar-refractivity contribution < 1.29 is 5.11 Å². The maximum Gasteiger partial charge on any atom is 0.128 e. The van der Waals surface area contributed by atoms with Gasteiger partial charge >= 0.3 is 0 Å². The van der Waals surface area contributed by atoms with Gasteiger partial charge in [-0.2, -0.15) is 0 Å². The number of aromatic nitrogens is 1. The van der Waals surface area contributed by atoms with Gasteiger partial charge in [-0.15, -0.1) is 0 Å². The second-order valence-corrected chi connectivity index (χ2v) is 6.42. The summed E-state index contributed by atoms with van der Waals surface area (Å²) in [4.78, 5) is 6.81. The molecule has 0 bridgehead atoms. The molecule has 1 aromatic carbocycles. The van der Waals surface area contributed by atoms with Crippen molar-refractivity contribution in [2.24, 2.45) is 11.8 Å². The number of hydrogen-bond donors (Lipinski definition) is 1. The summed E-state index contributed by atoms with van der Waals surface area (Å²) in [6.45, 7) is 2.02. The number of aliphatic hydroxyl groups is 1. The van der Waals surface area contributed by atoms with E-state index in [-0.39, 0.29) is 0 Å². The van der Waals surface area contributed by atoms with Crippen molar-refractivity contribution in [1.82, 2.24) is 4.98 Å². The van der Waals surface area contributed by atoms with Gasteiger partial charge in [0.25, 0.3) is 0 Å². The van der Waals surface area contributed by atoms with Crippen molar-refractivity contribution in [3.05, 3.63) is 60.3 Å². The summed E-state index contributed by atoms with van der Waals surface area (Å²) >= 11 is 0. The molecule has 2 unspecified atom stereocenters. The Bertz CT molecular complexity index is 600. The van der Waals surface area contributed by atoms with Crippen LogP contribution in [-0.4, -0.2) is 23.2 Å². The highest BCUT2D eigenvalue weighted by atomic mass is 16.3. The first-order valence-corrected chi connectivity index (χ1v) is 7.68. The van der Waals surface area contributed by atoms with Crippen LogP contribution in [0.4, 0.5) is 5.82 Å². The predicted molar refractivity (Wildman–Crippen MR) is 83.0 cm³/mol. The molecule has 3 heteroatoms. The average Bonchev–Trinajstić information content (AvgIpc) is 3.05. The zero-order valence-electron chi connectivity index (χ0n) is 12.0. The summed E-state index contributed by atoms with van der Waals surface area (Å²) in [5.74, 6) is 2.20. The van der Waals surface area contributed by atoms with Crippen LogP contribution in [0.5, 0.6) is 0 Å². The predicted octanol–water partition coefficient (Wildman–Crippen LogP) is 2.82. The van der Waals surface area contributed by atoms with E-state index in [1.54, 1.807) is 0 Å². The zero-order valence-corrected chi connectivity index (χ0v) is 12.0. The summed E-state index contributed by atoms with van der Waals surface area (Å²) in [5.41, 5.74) is 0.441. The highest BCUT2D eigenvalue weighted by molar-refractivity contribution is 5.40. The molecule has 108 valence electrons. The molecule has 2 aromatic rings. The van der Waals surface area contributed by atoms with Gasteiger partial charge in [0, 0.05) is 19.3 Å². The number of anilines is 1. The Morgan fingerprint density at radius 1 is 0.952 bits per heavy atom. The van der Waals surface area contributed by atoms with E-state index < -0.39 is 5.60 Å². The highest BCUT2D eigenvalue weighted by Crippen LogP contribution is 2.49. The van der Waals surface area contributed by atoms with Crippen LogP contribution < -0.4 is 4.90 Å². The Morgan fingerprint density at radius 2 is 1.62 bits per heavy atom. The lowest BCUT2D eigenvalue weighted by Crippen LogP contribution is -2.28. The second-order valence-electron chi connectivity index (χ2n) is 6.42. The van der Waals surface area contributed by atoms with Gasteiger partial charge < -0.3 is 10.0 Å². The summed E-state index contributed by atoms with van der Waals surface area (Å²) in [5, 5.41) is 11.0. The minimum atomic E-state index is -0.632. The number of fused-ring (bicyclic) bond motifs is 1. The van der Waals surface area contributed by atoms with Gasteiger partial charge in [-0.3, -0.25) is 0 Å². The van der Waals surface area contributed by atoms with Crippen molar-refractivity contribution in [3.8, 4) is 0 Å². The van der Waals surface area contributed by atoms with Crippen molar-refractivity contribution in [3.63, 3.8) is 0 Å². The monoisotopic (exact) mass is 280 g/mol. The molecule has 3 nitrogen and oxygen atoms in total. The van der Waals surface area contributed by atoms with Gasteiger partial charge in [0.15, 0.2) is 0 Å². The van der Waals surface area contributed by atoms with Gasteiger partial charge in [0.1, 0.15) is 5.82 Å². The Labute approximate surface area is 125 Å². The lowest BCUT2D eigenvalue weighted by molar-refractivity contribution is 0.0365. The number of nitrogens with zero attached hydrogens (tertiary/aromatic N) is 2. The average molecular weight is 280 g/mol. The lowest BCUT2D eigenvalue weighted by Gasteiger charge is -2.26. The van der Waals surface area contributed by atoms with Gasteiger partial charge in [-0.1, -0.05) is 36.4 Å². The van der Waals surface area contributed by atoms with Gasteiger partial charge in [0.2, 0.25) is 0 Å². The van der Waals surface area contributed by atoms with E-state index in [9.17, 15) is 5.11 Å². The van der Waals surface area contributed by atoms with Crippen molar-refractivity contribution >= 4 is 5.82 Å². The van der Waals surface area contributed by atoms with Gasteiger partial charge in [0.05, 0.1) is 5.60 Å². The fourth-order valence-corrected chi connectivity index (χ4v) is 4.06. The first-order chi connectivity index (χ1) is 10.2. The number of hydrogen-bond acceptors (Lipinski definition) is 3. The normalized spacial score (nSPS) is 31.4. The molecule has 1 aliphatic carbocycles. The largest absolute Gasteiger partial charge is 0.385 e. The third kappa shape index (κ3) is 2.22. The minimum absolute atomic E-state index is 0.567. The van der Waals surface area contributed by atoms with Crippen LogP contribution in [0.2, 0.25) is 0 Å². The quantitative estimate of drug-likeness (QED) is 0.919. The van der Waals surface area contributed by atoms with Crippen LogP contribution in [0.1, 0.15) is 18.4 Å². The molecule has 2 fully saturated rings. The summed E-state index contributed by atoms with van der Waals surface area (Å²) < 4.78 is 0. The van der Waals surface area contributed by atoms with E-state index in [4.69, 9.17) is 0 Å². The molecule has 1 aliphatic heterocycles. The molecule has 2 aliphatic rings. The van der Waals surface area contributed by atoms with E-state index in [2.05, 4.69) is 28.1 Å². The molecule has 1 saturated heterocycles. The van der Waals surface area contributed by atoms with Crippen LogP contribution in [0, 0.1) is 11.8 Å². The molecule has 21 heavy (non-hydrogen) atoms. The number of rotatable bonds is 2. The molecular formula is C18H20N2O. The molecule has 2 atom stereocenters. The minimum Gasteiger partial charge on any atom is -0.385 e. The molecule has 2 heterocycles. The van der Waals surface area contributed by atoms with E-state index >= 15 is 0 Å². The molecule has 0 amide bonds. The summed E-state index contributed by atoms with van der Waals surface area (Å²) in [6, 6.07) is 16.2. The smallest absolute Gasteiger partial charge is 0.128 e. The molecule has 0 radical (unpaired) electrons. The maximum absolute atomic E-state index is 11.0. The van der Waals surface area contributed by atoms with Crippen LogP contribution in [0.15, 0.2) is 54.7 Å². The SMILES string of the molecule is OC1(c2ccccc2)CC2CN(c3ccccn3)CC2C1. The fourth-order valence-electron chi connectivity index (χ4n) is 4.06. The first kappa shape index (κ1) is 12.8. The topological polar surface area (TPSA) is 36.4 Å². The molecule has 1 N–H and O–H groups in total. The van der Waals surface area contributed by atoms with Crippen LogP contribution >= 0.6 is 0 Å². The third-order valence-electron chi connectivity index (χ3n) is 5.06. The third-order valence-corrected chi connectivity index (χ3v) is 5.06. The van der Waals surface area contributed by atoms with E-state index in [0.29, 0.717) is 11.8 Å². The fraction of sp³-hybridized carbons (Fsp3) is 0.389. The van der Waals surface area contributed by atoms with Crippen LogP contribution in [0.3, 0.4) is 0 Å². The van der Waals surface area contributed by atoms with E-state index in [0.717, 1.165) is 37.3 Å². The van der Waals surface area contributed by atoms with Gasteiger partial charge in [-0.25, -0.2) is 4.98 Å². The number of pyridine rings is 1. The van der Waals surface area contributed by atoms with Crippen molar-refractivity contribution in [1.29, 1.82) is 0 Å². The lowest BCUT2D eigenvalue weighted by atomic mass is 9.90. The van der Waals surface area contributed by atoms with Crippen LogP contribution in [0.25, 0.3) is 0 Å². The number of benzene rings is 1. The Hall–Kier alpha value is -1.87. The molecule has 4 rings (SSSR count). The van der Waals surface area contributed by atoms with Crippen molar-refractivity contribution in [2.45, 2.75) is 18.4 Å². The Morgan fingerprint density at radius 3 is 2.24 bits per heavy atom. The van der Waals surface area contributed by atoms with E-state index in [1.165, 1.54) is 0 Å². The summed E-state index contributed by atoms with van der Waals surface area (Å²) in [7, 11) is 0.